The fraction of sp³-hybridized carbons (Fsp3) is 0.625. The molecule has 5 rings (SSSR count). The van der Waals surface area contributed by atoms with Gasteiger partial charge in [-0.25, -0.2) is 0 Å². The zero-order valence-electron chi connectivity index (χ0n) is 16.1. The molecule has 1 N–H and O–H groups in total. The summed E-state index contributed by atoms with van der Waals surface area (Å²) in [6.45, 7) is 5.03. The molecule has 1 heterocycles. The quantitative estimate of drug-likeness (QED) is 0.689. The third-order valence-electron chi connectivity index (χ3n) is 8.63. The van der Waals surface area contributed by atoms with E-state index < -0.39 is 0 Å². The number of hydrogen-bond acceptors (Lipinski definition) is 2. The molecule has 0 spiro atoms. The molecule has 26 heavy (non-hydrogen) atoms. The highest BCUT2D eigenvalue weighted by Crippen LogP contribution is 2.66. The number of hydrogen-bond donors (Lipinski definition) is 1. The lowest BCUT2D eigenvalue weighted by Crippen LogP contribution is -2.49. The standard InChI is InChI=1S/C24H31NO/c1-23-11-9-18(26)14-17(23)5-6-19-21-8-7-20(16-4-3-13-25-15-16)24(21,2)12-10-22(19)23/h3-5,7,13,15,18-19,21-22,26H,6,8-12,14H2,1-2H3/t18?,19?,21?,22?,23-,24+/m0/s1. The summed E-state index contributed by atoms with van der Waals surface area (Å²) in [6, 6.07) is 4.31. The van der Waals surface area contributed by atoms with Crippen molar-refractivity contribution in [1.29, 1.82) is 0 Å². The van der Waals surface area contributed by atoms with Gasteiger partial charge in [0.1, 0.15) is 0 Å². The van der Waals surface area contributed by atoms with Crippen molar-refractivity contribution >= 4 is 5.57 Å². The molecule has 4 aliphatic rings. The molecule has 0 aliphatic heterocycles. The SMILES string of the molecule is C[C@]12CCC(O)CC1=CCC1C2CC[C@]2(C)C(c3cccnc3)=CCC12. The van der Waals surface area contributed by atoms with E-state index in [4.69, 9.17) is 0 Å². The van der Waals surface area contributed by atoms with Crippen LogP contribution in [0, 0.1) is 28.6 Å². The smallest absolute Gasteiger partial charge is 0.0577 e. The van der Waals surface area contributed by atoms with Gasteiger partial charge in [-0.3, -0.25) is 4.98 Å². The number of rotatable bonds is 1. The molecule has 138 valence electrons. The maximum atomic E-state index is 10.2. The molecule has 4 unspecified atom stereocenters. The fourth-order valence-electron chi connectivity index (χ4n) is 7.18. The van der Waals surface area contributed by atoms with Gasteiger partial charge in [0, 0.05) is 12.4 Å². The lowest BCUT2D eigenvalue weighted by atomic mass is 9.47. The van der Waals surface area contributed by atoms with Crippen molar-refractivity contribution in [2.45, 2.75) is 64.9 Å². The molecule has 2 fully saturated rings. The van der Waals surface area contributed by atoms with E-state index in [1.807, 2.05) is 12.4 Å². The number of nitrogens with zero attached hydrogens (tertiary/aromatic N) is 1. The van der Waals surface area contributed by atoms with E-state index in [-0.39, 0.29) is 6.10 Å². The molecule has 2 nitrogen and oxygen atoms in total. The van der Waals surface area contributed by atoms with Crippen LogP contribution in [0.15, 0.2) is 42.3 Å². The van der Waals surface area contributed by atoms with Crippen LogP contribution in [0.4, 0.5) is 0 Å². The van der Waals surface area contributed by atoms with E-state index in [9.17, 15) is 5.11 Å². The Bertz CT molecular complexity index is 766. The monoisotopic (exact) mass is 349 g/mol. The predicted molar refractivity (Wildman–Crippen MR) is 105 cm³/mol. The van der Waals surface area contributed by atoms with Crippen LogP contribution < -0.4 is 0 Å². The maximum absolute atomic E-state index is 10.2. The molecule has 0 bridgehead atoms. The van der Waals surface area contributed by atoms with Gasteiger partial charge in [-0.15, -0.1) is 0 Å². The summed E-state index contributed by atoms with van der Waals surface area (Å²) in [4.78, 5) is 4.38. The van der Waals surface area contributed by atoms with Crippen LogP contribution >= 0.6 is 0 Å². The molecule has 0 amide bonds. The first-order valence-electron chi connectivity index (χ1n) is 10.5. The highest BCUT2D eigenvalue weighted by atomic mass is 16.3. The molecule has 2 saturated carbocycles. The van der Waals surface area contributed by atoms with Crippen LogP contribution in [0.1, 0.15) is 64.4 Å². The normalized spacial score (nSPS) is 44.4. The van der Waals surface area contributed by atoms with Crippen molar-refractivity contribution in [3.63, 3.8) is 0 Å². The Morgan fingerprint density at radius 1 is 1.04 bits per heavy atom. The predicted octanol–water partition coefficient (Wildman–Crippen LogP) is 5.40. The van der Waals surface area contributed by atoms with E-state index >= 15 is 0 Å². The van der Waals surface area contributed by atoms with Crippen molar-refractivity contribution in [2.75, 3.05) is 0 Å². The Labute approximate surface area is 157 Å². The van der Waals surface area contributed by atoms with Gasteiger partial charge in [-0.1, -0.05) is 37.6 Å². The van der Waals surface area contributed by atoms with Crippen LogP contribution in [-0.4, -0.2) is 16.2 Å². The minimum atomic E-state index is -0.106. The van der Waals surface area contributed by atoms with Crippen LogP contribution in [-0.2, 0) is 0 Å². The second-order valence-electron chi connectivity index (χ2n) is 9.71. The Morgan fingerprint density at radius 3 is 2.69 bits per heavy atom. The Balaban J connectivity index is 1.48. The first kappa shape index (κ1) is 16.7. The topological polar surface area (TPSA) is 33.1 Å². The number of fused-ring (bicyclic) bond motifs is 5. The summed E-state index contributed by atoms with van der Waals surface area (Å²) in [5.74, 6) is 2.36. The largest absolute Gasteiger partial charge is 0.393 e. The molecule has 2 heteroatoms. The number of aromatic nitrogens is 1. The summed E-state index contributed by atoms with van der Waals surface area (Å²) in [5, 5.41) is 10.2. The molecule has 6 atom stereocenters. The summed E-state index contributed by atoms with van der Waals surface area (Å²) in [5.41, 5.74) is 5.09. The molecule has 4 aliphatic carbocycles. The molecule has 0 saturated heterocycles. The summed E-state index contributed by atoms with van der Waals surface area (Å²) in [7, 11) is 0. The average molecular weight is 350 g/mol. The van der Waals surface area contributed by atoms with E-state index in [1.165, 1.54) is 37.7 Å². The van der Waals surface area contributed by atoms with Gasteiger partial charge < -0.3 is 5.11 Å². The summed E-state index contributed by atoms with van der Waals surface area (Å²) >= 11 is 0. The van der Waals surface area contributed by atoms with Gasteiger partial charge in [-0.05, 0) is 90.7 Å². The average Bonchev–Trinajstić information content (AvgIpc) is 3.00. The number of pyridine rings is 1. The number of aliphatic hydroxyl groups is 1. The van der Waals surface area contributed by atoms with E-state index in [0.29, 0.717) is 10.8 Å². The van der Waals surface area contributed by atoms with Gasteiger partial charge in [0.15, 0.2) is 0 Å². The Kier molecular flexibility index (Phi) is 3.73. The fourth-order valence-corrected chi connectivity index (χ4v) is 7.18. The van der Waals surface area contributed by atoms with Crippen LogP contribution in [0.3, 0.4) is 0 Å². The number of aliphatic hydroxyl groups excluding tert-OH is 1. The molecule has 1 aromatic heterocycles. The van der Waals surface area contributed by atoms with E-state index in [0.717, 1.165) is 30.6 Å². The third-order valence-corrected chi connectivity index (χ3v) is 8.63. The van der Waals surface area contributed by atoms with E-state index in [2.05, 4.69) is 43.1 Å². The number of allylic oxidation sites excluding steroid dienone is 3. The van der Waals surface area contributed by atoms with Crippen LogP contribution in [0.25, 0.3) is 5.57 Å². The van der Waals surface area contributed by atoms with Crippen molar-refractivity contribution in [2.24, 2.45) is 28.6 Å². The summed E-state index contributed by atoms with van der Waals surface area (Å²) in [6.07, 6.45) is 17.0. The van der Waals surface area contributed by atoms with E-state index in [1.54, 1.807) is 11.1 Å². The lowest BCUT2D eigenvalue weighted by molar-refractivity contribution is -0.0238. The molecule has 1 aromatic rings. The molecule has 0 radical (unpaired) electrons. The highest BCUT2D eigenvalue weighted by molar-refractivity contribution is 5.72. The Hall–Kier alpha value is -1.41. The molecule has 0 aromatic carbocycles. The zero-order chi connectivity index (χ0) is 17.9. The van der Waals surface area contributed by atoms with Crippen LogP contribution in [0.2, 0.25) is 0 Å². The van der Waals surface area contributed by atoms with Gasteiger partial charge >= 0.3 is 0 Å². The third kappa shape index (κ3) is 2.24. The lowest BCUT2D eigenvalue weighted by Gasteiger charge is -2.57. The van der Waals surface area contributed by atoms with Crippen molar-refractivity contribution in [3.05, 3.63) is 47.8 Å². The van der Waals surface area contributed by atoms with Gasteiger partial charge in [-0.2, -0.15) is 0 Å². The van der Waals surface area contributed by atoms with Gasteiger partial charge in [0.05, 0.1) is 6.10 Å². The van der Waals surface area contributed by atoms with Crippen LogP contribution in [0.5, 0.6) is 0 Å². The second-order valence-corrected chi connectivity index (χ2v) is 9.71. The van der Waals surface area contributed by atoms with Crippen molar-refractivity contribution in [1.82, 2.24) is 4.98 Å². The van der Waals surface area contributed by atoms with Gasteiger partial charge in [0.2, 0.25) is 0 Å². The first-order chi connectivity index (χ1) is 12.5. The highest BCUT2D eigenvalue weighted by Gasteiger charge is 2.56. The minimum absolute atomic E-state index is 0.106. The first-order valence-corrected chi connectivity index (χ1v) is 10.5. The zero-order valence-corrected chi connectivity index (χ0v) is 16.1. The van der Waals surface area contributed by atoms with Crippen molar-refractivity contribution < 1.29 is 5.11 Å². The maximum Gasteiger partial charge on any atom is 0.0577 e. The molecular formula is C24H31NO. The molecular weight excluding hydrogens is 318 g/mol. The van der Waals surface area contributed by atoms with Gasteiger partial charge in [0.25, 0.3) is 0 Å². The minimum Gasteiger partial charge on any atom is -0.393 e. The second kappa shape index (κ2) is 5.79. The Morgan fingerprint density at radius 2 is 1.88 bits per heavy atom. The van der Waals surface area contributed by atoms with Crippen molar-refractivity contribution in [3.8, 4) is 0 Å². The summed E-state index contributed by atoms with van der Waals surface area (Å²) < 4.78 is 0.